The molecule has 1 aromatic rings. The van der Waals surface area contributed by atoms with Crippen molar-refractivity contribution in [2.75, 3.05) is 25.4 Å². The summed E-state index contributed by atoms with van der Waals surface area (Å²) in [5.74, 6) is 0. The maximum Gasteiger partial charge on any atom is 0.240 e. The summed E-state index contributed by atoms with van der Waals surface area (Å²) in [6, 6.07) is 5.27. The second-order valence-electron chi connectivity index (χ2n) is 5.30. The molecule has 6 heteroatoms. The molecule has 1 aliphatic rings. The predicted octanol–water partition coefficient (Wildman–Crippen LogP) is 1.34. The Labute approximate surface area is 121 Å². The summed E-state index contributed by atoms with van der Waals surface area (Å²) in [5, 5.41) is 0. The summed E-state index contributed by atoms with van der Waals surface area (Å²) in [5.41, 5.74) is 6.86. The molecule has 0 spiro atoms. The van der Waals surface area contributed by atoms with Gasteiger partial charge in [0.1, 0.15) is 0 Å². The van der Waals surface area contributed by atoms with E-state index >= 15 is 0 Å². The normalized spacial score (nSPS) is 20.4. The van der Waals surface area contributed by atoms with Crippen LogP contribution in [-0.2, 0) is 10.0 Å². The minimum Gasteiger partial charge on any atom is -0.399 e. The number of nitrogens with two attached hydrogens (primary N) is 1. The lowest BCUT2D eigenvalue weighted by Crippen LogP contribution is -2.40. The predicted molar refractivity (Wildman–Crippen MR) is 81.0 cm³/mol. The Morgan fingerprint density at radius 2 is 2.20 bits per heavy atom. The van der Waals surface area contributed by atoms with Crippen LogP contribution in [0.3, 0.4) is 0 Å². The van der Waals surface area contributed by atoms with Crippen molar-refractivity contribution in [3.05, 3.63) is 23.8 Å². The lowest BCUT2D eigenvalue weighted by atomic mass is 10.2. The van der Waals surface area contributed by atoms with Crippen molar-refractivity contribution < 1.29 is 8.42 Å². The molecule has 3 N–H and O–H groups in total. The van der Waals surface area contributed by atoms with E-state index in [-0.39, 0.29) is 4.90 Å². The van der Waals surface area contributed by atoms with Gasteiger partial charge in [-0.05, 0) is 50.6 Å². The van der Waals surface area contributed by atoms with E-state index in [1.165, 1.54) is 6.07 Å². The molecule has 1 aromatic carbocycles. The number of benzene rings is 1. The zero-order chi connectivity index (χ0) is 14.8. The first-order valence-corrected chi connectivity index (χ1v) is 8.52. The van der Waals surface area contributed by atoms with Gasteiger partial charge in [0, 0.05) is 18.3 Å². The van der Waals surface area contributed by atoms with E-state index < -0.39 is 10.0 Å². The third-order valence-corrected chi connectivity index (χ3v) is 5.48. The van der Waals surface area contributed by atoms with Gasteiger partial charge in [-0.15, -0.1) is 0 Å². The number of anilines is 1. The molecule has 1 fully saturated rings. The van der Waals surface area contributed by atoms with Gasteiger partial charge in [0.15, 0.2) is 0 Å². The number of rotatable bonds is 5. The maximum absolute atomic E-state index is 12.4. The maximum atomic E-state index is 12.4. The molecule has 2 rings (SSSR count). The van der Waals surface area contributed by atoms with E-state index in [4.69, 9.17) is 5.73 Å². The summed E-state index contributed by atoms with van der Waals surface area (Å²) in [6.45, 7) is 6.37. The van der Waals surface area contributed by atoms with Crippen molar-refractivity contribution in [2.45, 2.75) is 37.6 Å². The van der Waals surface area contributed by atoms with Crippen LogP contribution in [0.25, 0.3) is 0 Å². The van der Waals surface area contributed by atoms with Crippen LogP contribution in [0.15, 0.2) is 23.1 Å². The van der Waals surface area contributed by atoms with Gasteiger partial charge in [0.25, 0.3) is 0 Å². The van der Waals surface area contributed by atoms with Crippen LogP contribution in [0.1, 0.15) is 25.3 Å². The third kappa shape index (κ3) is 3.31. The molecule has 1 heterocycles. The van der Waals surface area contributed by atoms with E-state index in [1.54, 1.807) is 19.1 Å². The summed E-state index contributed by atoms with van der Waals surface area (Å²) in [7, 11) is -3.49. The topological polar surface area (TPSA) is 75.4 Å². The van der Waals surface area contributed by atoms with Crippen LogP contribution in [-0.4, -0.2) is 39.0 Å². The smallest absolute Gasteiger partial charge is 0.240 e. The second kappa shape index (κ2) is 6.11. The van der Waals surface area contributed by atoms with Crippen molar-refractivity contribution in [1.29, 1.82) is 0 Å². The molecule has 0 aromatic heterocycles. The quantitative estimate of drug-likeness (QED) is 0.804. The fourth-order valence-electron chi connectivity index (χ4n) is 2.73. The van der Waals surface area contributed by atoms with Crippen molar-refractivity contribution in [2.24, 2.45) is 0 Å². The number of sulfonamides is 1. The summed E-state index contributed by atoms with van der Waals surface area (Å²) < 4.78 is 27.5. The molecule has 112 valence electrons. The number of nitrogens with one attached hydrogen (secondary N) is 1. The Hall–Kier alpha value is -1.11. The average molecular weight is 297 g/mol. The molecule has 1 atom stereocenters. The zero-order valence-corrected chi connectivity index (χ0v) is 12.9. The van der Waals surface area contributed by atoms with Crippen molar-refractivity contribution in [3.8, 4) is 0 Å². The minimum absolute atomic E-state index is 0.276. The molecule has 0 radical (unpaired) electrons. The van der Waals surface area contributed by atoms with Gasteiger partial charge in [-0.3, -0.25) is 4.90 Å². The number of nitrogen functional groups attached to an aromatic ring is 1. The molecule has 0 aliphatic carbocycles. The average Bonchev–Trinajstić information content (AvgIpc) is 2.86. The number of nitrogens with zero attached hydrogens (tertiary/aromatic N) is 1. The molecule has 0 bridgehead atoms. The van der Waals surface area contributed by atoms with E-state index in [9.17, 15) is 8.42 Å². The Bertz CT molecular complexity index is 572. The highest BCUT2D eigenvalue weighted by Crippen LogP contribution is 2.20. The van der Waals surface area contributed by atoms with Crippen LogP contribution in [0.2, 0.25) is 0 Å². The molecular weight excluding hydrogens is 274 g/mol. The number of hydrogen-bond donors (Lipinski definition) is 2. The van der Waals surface area contributed by atoms with E-state index in [0.29, 0.717) is 23.8 Å². The van der Waals surface area contributed by atoms with E-state index in [0.717, 1.165) is 25.9 Å². The van der Waals surface area contributed by atoms with Crippen LogP contribution >= 0.6 is 0 Å². The van der Waals surface area contributed by atoms with Gasteiger partial charge >= 0.3 is 0 Å². The first-order valence-electron chi connectivity index (χ1n) is 7.04. The van der Waals surface area contributed by atoms with Crippen molar-refractivity contribution in [1.82, 2.24) is 9.62 Å². The van der Waals surface area contributed by atoms with Gasteiger partial charge in [-0.1, -0.05) is 13.0 Å². The highest BCUT2D eigenvalue weighted by molar-refractivity contribution is 7.89. The molecule has 0 amide bonds. The Kier molecular flexibility index (Phi) is 4.67. The van der Waals surface area contributed by atoms with Crippen LogP contribution in [0, 0.1) is 6.92 Å². The second-order valence-corrected chi connectivity index (χ2v) is 7.04. The van der Waals surface area contributed by atoms with Gasteiger partial charge in [0.05, 0.1) is 4.90 Å². The molecule has 1 aliphatic heterocycles. The lowest BCUT2D eigenvalue weighted by Gasteiger charge is -2.23. The number of likely N-dealkylation sites (N-methyl/N-ethyl adjacent to an activating group) is 1. The Balaban J connectivity index is 2.09. The lowest BCUT2D eigenvalue weighted by molar-refractivity contribution is 0.268. The van der Waals surface area contributed by atoms with Gasteiger partial charge in [-0.2, -0.15) is 0 Å². The number of likely N-dealkylation sites (tertiary alicyclic amines) is 1. The summed E-state index contributed by atoms with van der Waals surface area (Å²) in [4.78, 5) is 2.59. The van der Waals surface area contributed by atoms with Crippen molar-refractivity contribution >= 4 is 15.7 Å². The largest absolute Gasteiger partial charge is 0.399 e. The molecule has 20 heavy (non-hydrogen) atoms. The zero-order valence-electron chi connectivity index (χ0n) is 12.1. The van der Waals surface area contributed by atoms with Gasteiger partial charge in [-0.25, -0.2) is 13.1 Å². The van der Waals surface area contributed by atoms with Gasteiger partial charge < -0.3 is 5.73 Å². The molecule has 0 saturated carbocycles. The first-order chi connectivity index (χ1) is 9.44. The summed E-state index contributed by atoms with van der Waals surface area (Å²) >= 11 is 0. The number of hydrogen-bond acceptors (Lipinski definition) is 4. The minimum atomic E-state index is -3.49. The molecule has 5 nitrogen and oxygen atoms in total. The van der Waals surface area contributed by atoms with Gasteiger partial charge in [0.2, 0.25) is 10.0 Å². The Morgan fingerprint density at radius 3 is 2.90 bits per heavy atom. The third-order valence-electron chi connectivity index (χ3n) is 3.92. The summed E-state index contributed by atoms with van der Waals surface area (Å²) in [6.07, 6.45) is 2.18. The molecule has 1 unspecified atom stereocenters. The van der Waals surface area contributed by atoms with Crippen molar-refractivity contribution in [3.63, 3.8) is 0 Å². The van der Waals surface area contributed by atoms with Crippen LogP contribution in [0.4, 0.5) is 5.69 Å². The SMILES string of the molecule is CCN1CCCC1CNS(=O)(=O)c1cc(N)ccc1C. The Morgan fingerprint density at radius 1 is 1.45 bits per heavy atom. The highest BCUT2D eigenvalue weighted by Gasteiger charge is 2.25. The molecular formula is C14H23N3O2S. The number of aryl methyl sites for hydroxylation is 1. The fourth-order valence-corrected chi connectivity index (χ4v) is 4.08. The fraction of sp³-hybridized carbons (Fsp3) is 0.571. The van der Waals surface area contributed by atoms with E-state index in [1.807, 2.05) is 0 Å². The van der Waals surface area contributed by atoms with Crippen LogP contribution in [0.5, 0.6) is 0 Å². The molecule has 1 saturated heterocycles. The van der Waals surface area contributed by atoms with Crippen LogP contribution < -0.4 is 10.5 Å². The standard InChI is InChI=1S/C14H23N3O2S/c1-3-17-8-4-5-13(17)10-16-20(18,19)14-9-12(15)7-6-11(14)2/h6-7,9,13,16H,3-5,8,10,15H2,1-2H3. The monoisotopic (exact) mass is 297 g/mol. The van der Waals surface area contributed by atoms with E-state index in [2.05, 4.69) is 16.5 Å². The first kappa shape index (κ1) is 15.3. The highest BCUT2D eigenvalue weighted by atomic mass is 32.2.